The zero-order valence-electron chi connectivity index (χ0n) is 14.6. The van der Waals surface area contributed by atoms with Gasteiger partial charge in [-0.15, -0.1) is 0 Å². The minimum absolute atomic E-state index is 0.209. The molecule has 138 valence electrons. The van der Waals surface area contributed by atoms with Crippen LogP contribution in [0.5, 0.6) is 11.5 Å². The minimum atomic E-state index is -0.442. The third-order valence-corrected chi connectivity index (χ3v) is 4.53. The Hall–Kier alpha value is -2.96. The van der Waals surface area contributed by atoms with E-state index in [-0.39, 0.29) is 6.61 Å². The van der Waals surface area contributed by atoms with Crippen molar-refractivity contribution in [3.8, 4) is 11.5 Å². The van der Waals surface area contributed by atoms with Gasteiger partial charge in [0.15, 0.2) is 5.84 Å². The van der Waals surface area contributed by atoms with Crippen LogP contribution >= 0.6 is 11.6 Å². The Kier molecular flexibility index (Phi) is 4.75. The van der Waals surface area contributed by atoms with E-state index >= 15 is 0 Å². The summed E-state index contributed by atoms with van der Waals surface area (Å²) < 4.78 is 16.6. The van der Waals surface area contributed by atoms with Crippen molar-refractivity contribution in [2.45, 2.75) is 6.17 Å². The molecule has 0 spiro atoms. The lowest BCUT2D eigenvalue weighted by Crippen LogP contribution is -2.44. The van der Waals surface area contributed by atoms with Crippen LogP contribution in [0.15, 0.2) is 70.3 Å². The van der Waals surface area contributed by atoms with Crippen LogP contribution in [-0.2, 0) is 0 Å². The van der Waals surface area contributed by atoms with Crippen molar-refractivity contribution in [2.24, 2.45) is 10.7 Å². The van der Waals surface area contributed by atoms with Gasteiger partial charge in [0.05, 0.1) is 18.9 Å². The molecule has 0 saturated heterocycles. The summed E-state index contributed by atoms with van der Waals surface area (Å²) in [5.41, 5.74) is 8.19. The van der Waals surface area contributed by atoms with Crippen molar-refractivity contribution in [3.63, 3.8) is 0 Å². The molecule has 1 unspecified atom stereocenters. The van der Waals surface area contributed by atoms with Crippen molar-refractivity contribution in [1.29, 1.82) is 0 Å². The SMILES string of the molecule is COc1ccc(N2C(COc3cccc(Cl)c3)=Nc3occc3C2N)cc1. The first-order chi connectivity index (χ1) is 13.2. The molecule has 2 aromatic carbocycles. The van der Waals surface area contributed by atoms with Crippen LogP contribution in [0.3, 0.4) is 0 Å². The predicted octanol–water partition coefficient (Wildman–Crippen LogP) is 4.53. The summed E-state index contributed by atoms with van der Waals surface area (Å²) in [6, 6.07) is 16.7. The number of rotatable bonds is 5. The highest BCUT2D eigenvalue weighted by atomic mass is 35.5. The van der Waals surface area contributed by atoms with Gasteiger partial charge in [0.2, 0.25) is 5.88 Å². The number of furan rings is 1. The van der Waals surface area contributed by atoms with Gasteiger partial charge >= 0.3 is 0 Å². The number of anilines is 1. The van der Waals surface area contributed by atoms with Crippen LogP contribution in [0, 0.1) is 0 Å². The van der Waals surface area contributed by atoms with E-state index in [1.807, 2.05) is 47.4 Å². The molecule has 2 N–H and O–H groups in total. The maximum atomic E-state index is 6.50. The lowest BCUT2D eigenvalue weighted by molar-refractivity contribution is 0.372. The third-order valence-electron chi connectivity index (χ3n) is 4.29. The summed E-state index contributed by atoms with van der Waals surface area (Å²) in [4.78, 5) is 6.52. The van der Waals surface area contributed by atoms with Crippen molar-refractivity contribution < 1.29 is 13.9 Å². The fraction of sp³-hybridized carbons (Fsp3) is 0.150. The van der Waals surface area contributed by atoms with Crippen molar-refractivity contribution in [2.75, 3.05) is 18.6 Å². The number of ether oxygens (including phenoxy) is 2. The second kappa shape index (κ2) is 7.34. The van der Waals surface area contributed by atoms with Gasteiger partial charge < -0.3 is 24.5 Å². The number of nitrogens with zero attached hydrogens (tertiary/aromatic N) is 2. The summed E-state index contributed by atoms with van der Waals surface area (Å²) in [5, 5.41) is 0.607. The topological polar surface area (TPSA) is 73.2 Å². The van der Waals surface area contributed by atoms with Crippen LogP contribution in [0.1, 0.15) is 11.7 Å². The molecule has 1 aliphatic heterocycles. The first-order valence-corrected chi connectivity index (χ1v) is 8.75. The van der Waals surface area contributed by atoms with Crippen LogP contribution in [0.2, 0.25) is 5.02 Å². The van der Waals surface area contributed by atoms with Gasteiger partial charge in [-0.3, -0.25) is 0 Å². The molecule has 2 heterocycles. The molecule has 0 aliphatic carbocycles. The molecule has 0 radical (unpaired) electrons. The van der Waals surface area contributed by atoms with Gasteiger partial charge in [-0.25, -0.2) is 0 Å². The summed E-state index contributed by atoms with van der Waals surface area (Å²) in [7, 11) is 1.63. The minimum Gasteiger partial charge on any atom is -0.497 e. The molecule has 0 bridgehead atoms. The van der Waals surface area contributed by atoms with Gasteiger partial charge in [-0.05, 0) is 48.5 Å². The summed E-state index contributed by atoms with van der Waals surface area (Å²) in [6.07, 6.45) is 1.14. The van der Waals surface area contributed by atoms with Crippen LogP contribution in [0.25, 0.3) is 0 Å². The van der Waals surface area contributed by atoms with E-state index in [9.17, 15) is 0 Å². The lowest BCUT2D eigenvalue weighted by atomic mass is 10.1. The average molecular weight is 384 g/mol. The van der Waals surface area contributed by atoms with Crippen LogP contribution in [-0.4, -0.2) is 19.6 Å². The first-order valence-electron chi connectivity index (χ1n) is 8.38. The number of methoxy groups -OCH3 is 1. The summed E-state index contributed by atoms with van der Waals surface area (Å²) in [6.45, 7) is 0.209. The van der Waals surface area contributed by atoms with Crippen molar-refractivity contribution in [3.05, 3.63) is 71.4 Å². The van der Waals surface area contributed by atoms with Gasteiger partial charge in [0, 0.05) is 10.7 Å². The maximum absolute atomic E-state index is 6.50. The molecule has 1 aliphatic rings. The molecule has 0 fully saturated rings. The highest BCUT2D eigenvalue weighted by Gasteiger charge is 2.30. The molecular weight excluding hydrogens is 366 g/mol. The van der Waals surface area contributed by atoms with E-state index in [0.717, 1.165) is 17.0 Å². The molecular formula is C20H18ClN3O3. The normalized spacial score (nSPS) is 15.9. The number of hydrogen-bond acceptors (Lipinski definition) is 6. The quantitative estimate of drug-likeness (QED) is 0.700. The fourth-order valence-electron chi connectivity index (χ4n) is 2.96. The number of nitrogens with two attached hydrogens (primary N) is 1. The van der Waals surface area contributed by atoms with Gasteiger partial charge in [-0.1, -0.05) is 17.7 Å². The Morgan fingerprint density at radius 3 is 2.70 bits per heavy atom. The molecule has 3 aromatic rings. The largest absolute Gasteiger partial charge is 0.497 e. The number of hydrogen-bond donors (Lipinski definition) is 1. The standard InChI is InChI=1S/C20H18ClN3O3/c1-25-15-7-5-14(6-8-15)24-18(12-27-16-4-2-3-13(21)11-16)23-20-17(19(24)22)9-10-26-20/h2-11,19H,12,22H2,1H3. The van der Waals surface area contributed by atoms with E-state index in [1.165, 1.54) is 0 Å². The number of amidine groups is 1. The van der Waals surface area contributed by atoms with E-state index < -0.39 is 6.17 Å². The molecule has 0 saturated carbocycles. The number of fused-ring (bicyclic) bond motifs is 1. The third kappa shape index (κ3) is 3.49. The molecule has 4 rings (SSSR count). The Bertz CT molecular complexity index is 969. The van der Waals surface area contributed by atoms with Gasteiger partial charge in [0.1, 0.15) is 24.3 Å². The van der Waals surface area contributed by atoms with Crippen molar-refractivity contribution in [1.82, 2.24) is 0 Å². The summed E-state index contributed by atoms with van der Waals surface area (Å²) in [5.74, 6) is 2.55. The molecule has 1 atom stereocenters. The fourth-order valence-corrected chi connectivity index (χ4v) is 3.14. The average Bonchev–Trinajstić information content (AvgIpc) is 3.16. The van der Waals surface area contributed by atoms with E-state index in [0.29, 0.717) is 22.5 Å². The van der Waals surface area contributed by atoms with E-state index in [2.05, 4.69) is 4.99 Å². The van der Waals surface area contributed by atoms with Crippen LogP contribution < -0.4 is 20.1 Å². The molecule has 0 amide bonds. The Morgan fingerprint density at radius 1 is 1.15 bits per heavy atom. The Labute approximate surface area is 161 Å². The Balaban J connectivity index is 1.66. The van der Waals surface area contributed by atoms with E-state index in [1.54, 1.807) is 25.5 Å². The zero-order valence-corrected chi connectivity index (χ0v) is 15.4. The summed E-state index contributed by atoms with van der Waals surface area (Å²) >= 11 is 6.03. The first kappa shape index (κ1) is 17.5. The second-order valence-electron chi connectivity index (χ2n) is 5.97. The lowest BCUT2D eigenvalue weighted by Gasteiger charge is -2.34. The monoisotopic (exact) mass is 383 g/mol. The number of halogens is 1. The van der Waals surface area contributed by atoms with Gasteiger partial charge in [0.25, 0.3) is 0 Å². The highest BCUT2D eigenvalue weighted by Crippen LogP contribution is 2.36. The molecule has 1 aromatic heterocycles. The predicted molar refractivity (Wildman–Crippen MR) is 105 cm³/mol. The van der Waals surface area contributed by atoms with E-state index in [4.69, 9.17) is 31.2 Å². The van der Waals surface area contributed by atoms with Crippen molar-refractivity contribution >= 4 is 29.0 Å². The Morgan fingerprint density at radius 2 is 1.96 bits per heavy atom. The van der Waals surface area contributed by atoms with Gasteiger partial charge in [-0.2, -0.15) is 4.99 Å². The number of benzene rings is 2. The highest BCUT2D eigenvalue weighted by molar-refractivity contribution is 6.30. The zero-order chi connectivity index (χ0) is 18.8. The molecule has 27 heavy (non-hydrogen) atoms. The molecule has 7 heteroatoms. The second-order valence-corrected chi connectivity index (χ2v) is 6.40. The molecule has 6 nitrogen and oxygen atoms in total. The smallest absolute Gasteiger partial charge is 0.226 e. The number of aliphatic imine (C=N–C) groups is 1. The maximum Gasteiger partial charge on any atom is 0.226 e. The van der Waals surface area contributed by atoms with Crippen LogP contribution in [0.4, 0.5) is 11.6 Å².